The van der Waals surface area contributed by atoms with Crippen molar-refractivity contribution in [2.24, 2.45) is 21.9 Å². The summed E-state index contributed by atoms with van der Waals surface area (Å²) < 4.78 is 5.96. The van der Waals surface area contributed by atoms with Gasteiger partial charge in [-0.15, -0.1) is 4.91 Å². The fourth-order valence-corrected chi connectivity index (χ4v) is 8.15. The Morgan fingerprint density at radius 3 is 2.44 bits per heavy atom. The van der Waals surface area contributed by atoms with Crippen molar-refractivity contribution in [1.82, 2.24) is 10.2 Å². The van der Waals surface area contributed by atoms with E-state index >= 15 is 0 Å². The number of hydrogen-bond acceptors (Lipinski definition) is 9. The highest BCUT2D eigenvalue weighted by Crippen LogP contribution is 2.57. The van der Waals surface area contributed by atoms with E-state index in [1.165, 1.54) is 18.2 Å². The lowest BCUT2D eigenvalue weighted by Crippen LogP contribution is -2.64. The van der Waals surface area contributed by atoms with Crippen molar-refractivity contribution in [2.75, 3.05) is 18.1 Å². The molecule has 2 aliphatic heterocycles. The minimum absolute atomic E-state index is 0.122. The van der Waals surface area contributed by atoms with Gasteiger partial charge in [0, 0.05) is 13.0 Å². The number of phenolic OH excluding ortho intramolecular Hbond substituents is 1. The van der Waals surface area contributed by atoms with Crippen LogP contribution in [0.5, 0.6) is 5.75 Å². The number of nitrogens with one attached hydrogen (secondary N) is 1. The van der Waals surface area contributed by atoms with Gasteiger partial charge in [0.1, 0.15) is 29.1 Å². The molecule has 2 heterocycles. The zero-order valence-electron chi connectivity index (χ0n) is 26.1. The number of nitroso groups, excluding NO2 is 1. The van der Waals surface area contributed by atoms with Gasteiger partial charge in [-0.25, -0.2) is 4.79 Å². The summed E-state index contributed by atoms with van der Waals surface area (Å²) in [5.41, 5.74) is -0.571. The number of carbonyl (C=O) groups is 3. The number of hydrogen-bond donors (Lipinski definition) is 3. The van der Waals surface area contributed by atoms with E-state index in [0.29, 0.717) is 55.2 Å². The van der Waals surface area contributed by atoms with E-state index in [1.54, 1.807) is 16.7 Å². The van der Waals surface area contributed by atoms with Crippen LogP contribution >= 0.6 is 11.8 Å². The molecule has 3 fully saturated rings. The normalized spacial score (nSPS) is 25.5. The molecule has 3 N–H and O–H groups in total. The molecule has 4 atom stereocenters. The first-order valence-electron chi connectivity index (χ1n) is 15.5. The summed E-state index contributed by atoms with van der Waals surface area (Å²) in [7, 11) is 0. The number of aliphatic hydroxyl groups excluding tert-OH is 1. The minimum atomic E-state index is -1.49. The number of aromatic hydroxyl groups is 1. The van der Waals surface area contributed by atoms with Gasteiger partial charge < -0.3 is 25.2 Å². The van der Waals surface area contributed by atoms with E-state index in [-0.39, 0.29) is 40.7 Å². The lowest BCUT2D eigenvalue weighted by atomic mass is 9.66. The van der Waals surface area contributed by atoms with Gasteiger partial charge in [0.15, 0.2) is 0 Å². The molecule has 0 bridgehead atoms. The standard InChI is InChI=1S/C32H47N3O7S/c1-20(17-22-10-11-30(2,3)31(22,4)5)42-28(39)24-7-6-14-35(24)29(40)32(12-15-43-16-13-32)33-27(38)26(37)19-21-8-9-23(34-41)25(36)18-21/h8-9,18,20,22,24,26,36-37H,6-7,10-17,19H2,1-5H3,(H,33,38). The van der Waals surface area contributed by atoms with Crippen LogP contribution in [0.15, 0.2) is 23.4 Å². The Bertz CT molecular complexity index is 1210. The van der Waals surface area contributed by atoms with Crippen LogP contribution in [0.1, 0.15) is 85.1 Å². The van der Waals surface area contributed by atoms with Gasteiger partial charge in [-0.05, 0) is 103 Å². The first-order chi connectivity index (χ1) is 20.2. The number of carbonyl (C=O) groups excluding carboxylic acids is 3. The quantitative estimate of drug-likeness (QED) is 0.250. The number of aliphatic hydroxyl groups is 1. The molecule has 0 aromatic heterocycles. The Kier molecular flexibility index (Phi) is 10.2. The van der Waals surface area contributed by atoms with Crippen LogP contribution in [0.25, 0.3) is 0 Å². The second-order valence-corrected chi connectivity index (χ2v) is 15.0. The Morgan fingerprint density at radius 2 is 1.84 bits per heavy atom. The van der Waals surface area contributed by atoms with E-state index in [1.807, 2.05) is 6.92 Å². The van der Waals surface area contributed by atoms with E-state index in [0.717, 1.165) is 19.3 Å². The zero-order valence-corrected chi connectivity index (χ0v) is 26.9. The molecule has 1 aromatic rings. The van der Waals surface area contributed by atoms with Gasteiger partial charge in [-0.1, -0.05) is 33.8 Å². The highest BCUT2D eigenvalue weighted by molar-refractivity contribution is 7.99. The number of benzene rings is 1. The van der Waals surface area contributed by atoms with Crippen molar-refractivity contribution in [3.8, 4) is 5.75 Å². The molecule has 3 aliphatic rings. The highest BCUT2D eigenvalue weighted by atomic mass is 32.2. The van der Waals surface area contributed by atoms with Crippen LogP contribution < -0.4 is 5.32 Å². The Hall–Kier alpha value is -2.66. The number of ether oxygens (including phenoxy) is 1. The average Bonchev–Trinajstić information content (AvgIpc) is 3.52. The predicted molar refractivity (Wildman–Crippen MR) is 166 cm³/mol. The van der Waals surface area contributed by atoms with Crippen LogP contribution in [0.2, 0.25) is 0 Å². The monoisotopic (exact) mass is 617 g/mol. The van der Waals surface area contributed by atoms with Gasteiger partial charge >= 0.3 is 5.97 Å². The van der Waals surface area contributed by atoms with E-state index in [4.69, 9.17) is 4.74 Å². The zero-order chi connectivity index (χ0) is 31.6. The SMILES string of the molecule is CC(CC1CCC(C)(C)C1(C)C)OC(=O)C1CCCN1C(=O)C1(NC(=O)C(O)Cc2ccc(N=O)c(O)c2)CCSCC1. The van der Waals surface area contributed by atoms with Crippen LogP contribution in [-0.2, 0) is 25.5 Å². The Morgan fingerprint density at radius 1 is 1.14 bits per heavy atom. The lowest BCUT2D eigenvalue weighted by molar-refractivity contribution is -0.160. The van der Waals surface area contributed by atoms with Gasteiger partial charge in [-0.3, -0.25) is 9.59 Å². The third kappa shape index (κ3) is 7.03. The number of rotatable bonds is 10. The fraction of sp³-hybridized carbons (Fsp3) is 0.719. The van der Waals surface area contributed by atoms with E-state index in [9.17, 15) is 29.5 Å². The van der Waals surface area contributed by atoms with Gasteiger partial charge in [-0.2, -0.15) is 11.8 Å². The number of esters is 1. The Labute approximate surface area is 258 Å². The first-order valence-corrected chi connectivity index (χ1v) is 16.6. The molecule has 10 nitrogen and oxygen atoms in total. The van der Waals surface area contributed by atoms with Crippen molar-refractivity contribution in [3.63, 3.8) is 0 Å². The second kappa shape index (κ2) is 13.1. The molecule has 43 heavy (non-hydrogen) atoms. The second-order valence-electron chi connectivity index (χ2n) is 13.8. The third-order valence-corrected chi connectivity index (χ3v) is 11.6. The van der Waals surface area contributed by atoms with Crippen LogP contribution in [-0.4, -0.2) is 74.7 Å². The smallest absolute Gasteiger partial charge is 0.329 e. The van der Waals surface area contributed by atoms with E-state index in [2.05, 4.69) is 38.2 Å². The lowest BCUT2D eigenvalue weighted by Gasteiger charge is -2.41. The number of amides is 2. The number of phenols is 1. The molecule has 4 rings (SSSR count). The molecule has 11 heteroatoms. The third-order valence-electron chi connectivity index (χ3n) is 10.6. The predicted octanol–water partition coefficient (Wildman–Crippen LogP) is 4.85. The van der Waals surface area contributed by atoms with Crippen LogP contribution in [0.3, 0.4) is 0 Å². The largest absolute Gasteiger partial charge is 0.506 e. The van der Waals surface area contributed by atoms with Crippen molar-refractivity contribution in [3.05, 3.63) is 28.7 Å². The Balaban J connectivity index is 1.42. The summed E-state index contributed by atoms with van der Waals surface area (Å²) in [6.45, 7) is 11.5. The van der Waals surface area contributed by atoms with Crippen molar-refractivity contribution in [1.29, 1.82) is 0 Å². The molecule has 1 saturated carbocycles. The summed E-state index contributed by atoms with van der Waals surface area (Å²) in [6, 6.07) is 3.39. The van der Waals surface area contributed by atoms with E-state index < -0.39 is 29.6 Å². The maximum absolute atomic E-state index is 14.1. The molecule has 2 saturated heterocycles. The summed E-state index contributed by atoms with van der Waals surface area (Å²) >= 11 is 1.69. The summed E-state index contributed by atoms with van der Waals surface area (Å²) in [5.74, 6) is 0.0126. The van der Waals surface area contributed by atoms with Crippen LogP contribution in [0, 0.1) is 21.7 Å². The molecular weight excluding hydrogens is 570 g/mol. The number of thioether (sulfide) groups is 1. The molecule has 4 unspecified atom stereocenters. The molecule has 1 aliphatic carbocycles. The van der Waals surface area contributed by atoms with Gasteiger partial charge in [0.2, 0.25) is 11.8 Å². The van der Waals surface area contributed by atoms with Gasteiger partial charge in [0.05, 0.1) is 6.10 Å². The maximum atomic E-state index is 14.1. The maximum Gasteiger partial charge on any atom is 0.329 e. The number of likely N-dealkylation sites (tertiary alicyclic amines) is 1. The average molecular weight is 618 g/mol. The van der Waals surface area contributed by atoms with Crippen molar-refractivity contribution < 1.29 is 29.3 Å². The minimum Gasteiger partial charge on any atom is -0.506 e. The van der Waals surface area contributed by atoms with Crippen molar-refractivity contribution >= 4 is 35.2 Å². The topological polar surface area (TPSA) is 146 Å². The molecule has 238 valence electrons. The van der Waals surface area contributed by atoms with Crippen molar-refractivity contribution in [2.45, 2.75) is 110 Å². The molecular formula is C32H47N3O7S. The summed E-state index contributed by atoms with van der Waals surface area (Å²) in [6.07, 6.45) is 3.09. The van der Waals surface area contributed by atoms with Crippen LogP contribution in [0.4, 0.5) is 5.69 Å². The fourth-order valence-electron chi connectivity index (χ4n) is 6.96. The molecule has 1 aromatic carbocycles. The highest BCUT2D eigenvalue weighted by Gasteiger charge is 2.50. The summed E-state index contributed by atoms with van der Waals surface area (Å²) in [5, 5.41) is 26.2. The molecule has 0 radical (unpaired) electrons. The summed E-state index contributed by atoms with van der Waals surface area (Å²) in [4.78, 5) is 53.1. The first kappa shape index (κ1) is 33.2. The van der Waals surface area contributed by atoms with Gasteiger partial charge in [0.25, 0.3) is 0 Å². The number of nitrogens with zero attached hydrogens (tertiary/aromatic N) is 2. The molecule has 2 amide bonds. The molecule has 0 spiro atoms.